The monoisotopic (exact) mass is 169 g/mol. The minimum Gasteiger partial charge on any atom is -0.317 e. The molecule has 0 amide bonds. The molecule has 0 radical (unpaired) electrons. The second-order valence-electron chi connectivity index (χ2n) is 4.27. The van der Waals surface area contributed by atoms with Gasteiger partial charge in [-0.2, -0.15) is 0 Å². The summed E-state index contributed by atoms with van der Waals surface area (Å²) >= 11 is 0. The molecule has 0 aromatic rings. The molecular formula is C11H23N. The smallest absolute Gasteiger partial charge is 0.00358 e. The Bertz CT molecular complexity index is 106. The summed E-state index contributed by atoms with van der Waals surface area (Å²) < 4.78 is 0. The Morgan fingerprint density at radius 3 is 2.50 bits per heavy atom. The van der Waals surface area contributed by atoms with Crippen LogP contribution in [0.2, 0.25) is 0 Å². The van der Waals surface area contributed by atoms with Crippen molar-refractivity contribution in [2.75, 3.05) is 7.05 Å². The van der Waals surface area contributed by atoms with Gasteiger partial charge < -0.3 is 5.32 Å². The van der Waals surface area contributed by atoms with E-state index in [0.29, 0.717) is 6.04 Å². The summed E-state index contributed by atoms with van der Waals surface area (Å²) in [5, 5.41) is 3.30. The van der Waals surface area contributed by atoms with E-state index in [0.717, 1.165) is 5.92 Å². The largest absolute Gasteiger partial charge is 0.317 e. The summed E-state index contributed by atoms with van der Waals surface area (Å²) in [6.07, 6.45) is 10.3. The number of hydrogen-bond donors (Lipinski definition) is 1. The Labute approximate surface area is 76.9 Å². The van der Waals surface area contributed by atoms with Crippen LogP contribution in [0.4, 0.5) is 0 Å². The molecule has 0 heterocycles. The van der Waals surface area contributed by atoms with Crippen LogP contribution >= 0.6 is 0 Å². The molecule has 1 aliphatic rings. The Balaban J connectivity index is 2.05. The van der Waals surface area contributed by atoms with E-state index in [2.05, 4.69) is 19.3 Å². The molecule has 1 heteroatoms. The van der Waals surface area contributed by atoms with Gasteiger partial charge in [0.05, 0.1) is 0 Å². The molecule has 1 saturated carbocycles. The van der Waals surface area contributed by atoms with E-state index in [-0.39, 0.29) is 0 Å². The average molecular weight is 169 g/mol. The van der Waals surface area contributed by atoms with Crippen LogP contribution in [-0.4, -0.2) is 13.1 Å². The number of nitrogens with one attached hydrogen (secondary N) is 1. The molecule has 1 N–H and O–H groups in total. The summed E-state index contributed by atoms with van der Waals surface area (Å²) in [5.41, 5.74) is 0. The third kappa shape index (κ3) is 3.57. The summed E-state index contributed by atoms with van der Waals surface area (Å²) in [4.78, 5) is 0. The van der Waals surface area contributed by atoms with Crippen LogP contribution < -0.4 is 5.32 Å². The molecule has 1 nitrogen and oxygen atoms in total. The first-order valence-corrected chi connectivity index (χ1v) is 5.50. The first-order valence-electron chi connectivity index (χ1n) is 5.50. The number of rotatable bonds is 4. The van der Waals surface area contributed by atoms with E-state index in [1.165, 1.54) is 44.9 Å². The molecule has 1 atom stereocenters. The van der Waals surface area contributed by atoms with Gasteiger partial charge in [0, 0.05) is 6.04 Å². The van der Waals surface area contributed by atoms with Crippen LogP contribution in [0.25, 0.3) is 0 Å². The molecule has 1 fully saturated rings. The molecule has 1 rings (SSSR count). The van der Waals surface area contributed by atoms with Crippen molar-refractivity contribution in [3.05, 3.63) is 0 Å². The van der Waals surface area contributed by atoms with Crippen molar-refractivity contribution in [2.24, 2.45) is 5.92 Å². The van der Waals surface area contributed by atoms with Gasteiger partial charge in [0.2, 0.25) is 0 Å². The summed E-state index contributed by atoms with van der Waals surface area (Å²) in [7, 11) is 2.06. The zero-order valence-corrected chi connectivity index (χ0v) is 8.60. The first-order chi connectivity index (χ1) is 5.83. The van der Waals surface area contributed by atoms with Crippen molar-refractivity contribution in [3.8, 4) is 0 Å². The third-order valence-electron chi connectivity index (χ3n) is 3.23. The molecule has 0 bridgehead atoms. The molecule has 1 aliphatic carbocycles. The zero-order valence-electron chi connectivity index (χ0n) is 8.60. The van der Waals surface area contributed by atoms with E-state index in [1.54, 1.807) is 0 Å². The molecule has 0 spiro atoms. The highest BCUT2D eigenvalue weighted by Gasteiger charge is 2.13. The summed E-state index contributed by atoms with van der Waals surface area (Å²) in [5.74, 6) is 1.05. The Kier molecular flexibility index (Phi) is 4.67. The van der Waals surface area contributed by atoms with Gasteiger partial charge in [0.15, 0.2) is 0 Å². The molecule has 72 valence electrons. The lowest BCUT2D eigenvalue weighted by Gasteiger charge is -2.22. The normalized spacial score (nSPS) is 22.5. The van der Waals surface area contributed by atoms with E-state index in [1.807, 2.05) is 0 Å². The minimum absolute atomic E-state index is 0.715. The average Bonchev–Trinajstić information content (AvgIpc) is 2.16. The highest BCUT2D eigenvalue weighted by Crippen LogP contribution is 2.27. The quantitative estimate of drug-likeness (QED) is 0.682. The van der Waals surface area contributed by atoms with E-state index >= 15 is 0 Å². The molecule has 1 unspecified atom stereocenters. The van der Waals surface area contributed by atoms with Crippen LogP contribution in [0, 0.1) is 5.92 Å². The van der Waals surface area contributed by atoms with Gasteiger partial charge in [-0.05, 0) is 32.7 Å². The first kappa shape index (κ1) is 10.0. The second-order valence-corrected chi connectivity index (χ2v) is 4.27. The Morgan fingerprint density at radius 2 is 1.92 bits per heavy atom. The van der Waals surface area contributed by atoms with Crippen molar-refractivity contribution >= 4 is 0 Å². The lowest BCUT2D eigenvalue weighted by atomic mass is 9.85. The van der Waals surface area contributed by atoms with Crippen LogP contribution in [0.15, 0.2) is 0 Å². The van der Waals surface area contributed by atoms with Gasteiger partial charge in [-0.1, -0.05) is 32.1 Å². The maximum Gasteiger partial charge on any atom is 0.00358 e. The molecular weight excluding hydrogens is 146 g/mol. The third-order valence-corrected chi connectivity index (χ3v) is 3.23. The van der Waals surface area contributed by atoms with Crippen LogP contribution in [0.1, 0.15) is 51.9 Å². The van der Waals surface area contributed by atoms with Gasteiger partial charge in [-0.15, -0.1) is 0 Å². The SMILES string of the molecule is CNC(C)CCC1CCCCC1. The van der Waals surface area contributed by atoms with Gasteiger partial charge >= 0.3 is 0 Å². The second kappa shape index (κ2) is 5.58. The lowest BCUT2D eigenvalue weighted by Crippen LogP contribution is -2.22. The fourth-order valence-corrected chi connectivity index (χ4v) is 2.11. The van der Waals surface area contributed by atoms with E-state index in [9.17, 15) is 0 Å². The van der Waals surface area contributed by atoms with Crippen LogP contribution in [0.3, 0.4) is 0 Å². The van der Waals surface area contributed by atoms with Crippen LogP contribution in [-0.2, 0) is 0 Å². The molecule has 0 aromatic heterocycles. The number of hydrogen-bond acceptors (Lipinski definition) is 1. The van der Waals surface area contributed by atoms with Crippen molar-refractivity contribution in [1.82, 2.24) is 5.32 Å². The standard InChI is InChI=1S/C11H23N/c1-10(12-2)8-9-11-6-4-3-5-7-11/h10-12H,3-9H2,1-2H3. The predicted molar refractivity (Wildman–Crippen MR) is 54.3 cm³/mol. The molecule has 0 aliphatic heterocycles. The Hall–Kier alpha value is -0.0400. The van der Waals surface area contributed by atoms with Crippen LogP contribution in [0.5, 0.6) is 0 Å². The van der Waals surface area contributed by atoms with Gasteiger partial charge in [0.25, 0.3) is 0 Å². The maximum absolute atomic E-state index is 3.30. The van der Waals surface area contributed by atoms with Crippen molar-refractivity contribution in [1.29, 1.82) is 0 Å². The lowest BCUT2D eigenvalue weighted by molar-refractivity contribution is 0.320. The van der Waals surface area contributed by atoms with Gasteiger partial charge in [-0.3, -0.25) is 0 Å². The maximum atomic E-state index is 3.30. The molecule has 0 saturated heterocycles. The zero-order chi connectivity index (χ0) is 8.81. The van der Waals surface area contributed by atoms with E-state index < -0.39 is 0 Å². The van der Waals surface area contributed by atoms with Gasteiger partial charge in [-0.25, -0.2) is 0 Å². The van der Waals surface area contributed by atoms with Crippen molar-refractivity contribution in [2.45, 2.75) is 57.9 Å². The Morgan fingerprint density at radius 1 is 1.25 bits per heavy atom. The minimum atomic E-state index is 0.715. The summed E-state index contributed by atoms with van der Waals surface area (Å²) in [6.45, 7) is 2.28. The molecule has 12 heavy (non-hydrogen) atoms. The van der Waals surface area contributed by atoms with Crippen molar-refractivity contribution < 1.29 is 0 Å². The highest BCUT2D eigenvalue weighted by molar-refractivity contribution is 4.68. The predicted octanol–water partition coefficient (Wildman–Crippen LogP) is 2.95. The van der Waals surface area contributed by atoms with Gasteiger partial charge in [0.1, 0.15) is 0 Å². The highest BCUT2D eigenvalue weighted by atomic mass is 14.8. The fraction of sp³-hybridized carbons (Fsp3) is 1.00. The molecule has 0 aromatic carbocycles. The topological polar surface area (TPSA) is 12.0 Å². The fourth-order valence-electron chi connectivity index (χ4n) is 2.11. The van der Waals surface area contributed by atoms with E-state index in [4.69, 9.17) is 0 Å². The summed E-state index contributed by atoms with van der Waals surface area (Å²) in [6, 6.07) is 0.715. The van der Waals surface area contributed by atoms with Crippen molar-refractivity contribution in [3.63, 3.8) is 0 Å².